The van der Waals surface area contributed by atoms with Crippen molar-refractivity contribution in [3.63, 3.8) is 0 Å². The number of rotatable bonds is 7. The van der Waals surface area contributed by atoms with Gasteiger partial charge in [0.25, 0.3) is 5.91 Å². The molecule has 0 aromatic heterocycles. The van der Waals surface area contributed by atoms with Crippen LogP contribution in [0.5, 0.6) is 5.75 Å². The predicted octanol–water partition coefficient (Wildman–Crippen LogP) is 0.629. The van der Waals surface area contributed by atoms with Gasteiger partial charge in [0.1, 0.15) is 5.75 Å². The Bertz CT molecular complexity index is 511. The van der Waals surface area contributed by atoms with Crippen LogP contribution in [0.25, 0.3) is 0 Å². The van der Waals surface area contributed by atoms with Crippen molar-refractivity contribution in [3.05, 3.63) is 24.3 Å². The standard InChI is InChI=1S/C12H18N2O4S/c1-2-3-8-14-12(15)9-18-10-4-6-11(7-5-10)19(13,16)17/h4-7H,2-3,8-9H2,1H3,(H,14,15)(H2,13,16,17). The number of ether oxygens (including phenoxy) is 1. The van der Waals surface area contributed by atoms with Crippen LogP contribution in [-0.2, 0) is 14.8 Å². The first kappa shape index (κ1) is 15.5. The smallest absolute Gasteiger partial charge is 0.257 e. The maximum absolute atomic E-state index is 11.4. The van der Waals surface area contributed by atoms with Gasteiger partial charge in [0.05, 0.1) is 4.90 Å². The highest BCUT2D eigenvalue weighted by Gasteiger charge is 2.07. The van der Waals surface area contributed by atoms with Crippen LogP contribution < -0.4 is 15.2 Å². The van der Waals surface area contributed by atoms with Gasteiger partial charge in [-0.3, -0.25) is 4.79 Å². The SMILES string of the molecule is CCCCNC(=O)COc1ccc(S(N)(=O)=O)cc1. The van der Waals surface area contributed by atoms with E-state index in [0.717, 1.165) is 12.8 Å². The number of nitrogens with one attached hydrogen (secondary N) is 1. The Labute approximate surface area is 113 Å². The second-order valence-electron chi connectivity index (χ2n) is 4.01. The molecule has 1 rings (SSSR count). The average Bonchev–Trinajstić information content (AvgIpc) is 2.36. The molecule has 106 valence electrons. The van der Waals surface area contributed by atoms with E-state index in [1.165, 1.54) is 24.3 Å². The summed E-state index contributed by atoms with van der Waals surface area (Å²) in [4.78, 5) is 11.4. The molecule has 0 unspecified atom stereocenters. The van der Waals surface area contributed by atoms with Crippen molar-refractivity contribution < 1.29 is 17.9 Å². The summed E-state index contributed by atoms with van der Waals surface area (Å²) in [6, 6.07) is 5.58. The fourth-order valence-corrected chi connectivity index (χ4v) is 1.85. The lowest BCUT2D eigenvalue weighted by Gasteiger charge is -2.07. The predicted molar refractivity (Wildman–Crippen MR) is 71.2 cm³/mol. The van der Waals surface area contributed by atoms with Crippen molar-refractivity contribution in [2.24, 2.45) is 5.14 Å². The number of unbranched alkanes of at least 4 members (excludes halogenated alkanes) is 1. The van der Waals surface area contributed by atoms with E-state index in [1.807, 2.05) is 6.92 Å². The summed E-state index contributed by atoms with van der Waals surface area (Å²) in [6.07, 6.45) is 1.94. The number of benzene rings is 1. The number of primary sulfonamides is 1. The molecule has 0 bridgehead atoms. The Hall–Kier alpha value is -1.60. The molecule has 0 saturated carbocycles. The zero-order chi connectivity index (χ0) is 14.3. The van der Waals surface area contributed by atoms with E-state index in [9.17, 15) is 13.2 Å². The first-order valence-corrected chi connectivity index (χ1v) is 7.50. The molecule has 19 heavy (non-hydrogen) atoms. The number of hydrogen-bond acceptors (Lipinski definition) is 4. The lowest BCUT2D eigenvalue weighted by Crippen LogP contribution is -2.29. The summed E-state index contributed by atoms with van der Waals surface area (Å²) in [5.74, 6) is 0.210. The molecule has 0 aliphatic heterocycles. The number of nitrogens with two attached hydrogens (primary N) is 1. The second-order valence-corrected chi connectivity index (χ2v) is 5.57. The molecule has 6 nitrogen and oxygen atoms in total. The minimum atomic E-state index is -3.70. The first-order valence-electron chi connectivity index (χ1n) is 5.96. The fourth-order valence-electron chi connectivity index (χ4n) is 1.33. The molecule has 0 saturated heterocycles. The Kier molecular flexibility index (Phi) is 5.78. The molecule has 0 heterocycles. The molecule has 0 aliphatic carbocycles. The minimum absolute atomic E-state index is 0.00671. The van der Waals surface area contributed by atoms with Gasteiger partial charge in [0.15, 0.2) is 6.61 Å². The third kappa shape index (κ3) is 5.71. The van der Waals surface area contributed by atoms with Crippen LogP contribution in [-0.4, -0.2) is 27.5 Å². The second kappa shape index (κ2) is 7.10. The molecule has 7 heteroatoms. The van der Waals surface area contributed by atoms with Crippen molar-refractivity contribution >= 4 is 15.9 Å². The normalized spacial score (nSPS) is 11.1. The molecule has 0 aliphatic rings. The van der Waals surface area contributed by atoms with Gasteiger partial charge >= 0.3 is 0 Å². The zero-order valence-electron chi connectivity index (χ0n) is 10.8. The molecular weight excluding hydrogens is 268 g/mol. The summed E-state index contributed by atoms with van der Waals surface area (Å²) >= 11 is 0. The van der Waals surface area contributed by atoms with Crippen molar-refractivity contribution in [2.75, 3.05) is 13.2 Å². The Morgan fingerprint density at radius 2 is 1.95 bits per heavy atom. The number of amides is 1. The lowest BCUT2D eigenvalue weighted by atomic mass is 10.3. The zero-order valence-corrected chi connectivity index (χ0v) is 11.6. The van der Waals surface area contributed by atoms with Crippen LogP contribution >= 0.6 is 0 Å². The van der Waals surface area contributed by atoms with Gasteiger partial charge in [0, 0.05) is 6.54 Å². The molecule has 3 N–H and O–H groups in total. The van der Waals surface area contributed by atoms with Gasteiger partial charge in [0.2, 0.25) is 10.0 Å². The third-order valence-corrected chi connectivity index (χ3v) is 3.30. The van der Waals surface area contributed by atoms with Crippen molar-refractivity contribution in [1.82, 2.24) is 5.32 Å². The first-order chi connectivity index (χ1) is 8.93. The minimum Gasteiger partial charge on any atom is -0.484 e. The van der Waals surface area contributed by atoms with E-state index in [1.54, 1.807) is 0 Å². The molecule has 0 spiro atoms. The molecule has 1 amide bonds. The quantitative estimate of drug-likeness (QED) is 0.718. The summed E-state index contributed by atoms with van der Waals surface area (Å²) in [5, 5.41) is 7.67. The summed E-state index contributed by atoms with van der Waals surface area (Å²) in [7, 11) is -3.70. The summed E-state index contributed by atoms with van der Waals surface area (Å²) < 4.78 is 27.3. The fraction of sp³-hybridized carbons (Fsp3) is 0.417. The molecule has 1 aromatic rings. The number of hydrogen-bond donors (Lipinski definition) is 2. The van der Waals surface area contributed by atoms with Crippen LogP contribution in [0.1, 0.15) is 19.8 Å². The Morgan fingerprint density at radius 1 is 1.32 bits per heavy atom. The summed E-state index contributed by atoms with van der Waals surface area (Å²) in [6.45, 7) is 2.57. The van der Waals surface area contributed by atoms with Gasteiger partial charge in [-0.15, -0.1) is 0 Å². The number of carbonyl (C=O) groups excluding carboxylic acids is 1. The monoisotopic (exact) mass is 286 g/mol. The number of sulfonamides is 1. The van der Waals surface area contributed by atoms with Crippen molar-refractivity contribution in [1.29, 1.82) is 0 Å². The van der Waals surface area contributed by atoms with E-state index in [0.29, 0.717) is 12.3 Å². The van der Waals surface area contributed by atoms with Crippen LogP contribution in [0, 0.1) is 0 Å². The highest BCUT2D eigenvalue weighted by atomic mass is 32.2. The van der Waals surface area contributed by atoms with Gasteiger partial charge in [-0.2, -0.15) is 0 Å². The van der Waals surface area contributed by atoms with Crippen LogP contribution in [0.4, 0.5) is 0 Å². The molecule has 0 radical (unpaired) electrons. The van der Waals surface area contributed by atoms with Gasteiger partial charge in [-0.1, -0.05) is 13.3 Å². The maximum Gasteiger partial charge on any atom is 0.257 e. The third-order valence-electron chi connectivity index (χ3n) is 2.37. The molecule has 1 aromatic carbocycles. The van der Waals surface area contributed by atoms with Gasteiger partial charge in [-0.25, -0.2) is 13.6 Å². The van der Waals surface area contributed by atoms with Crippen molar-refractivity contribution in [3.8, 4) is 5.75 Å². The lowest BCUT2D eigenvalue weighted by molar-refractivity contribution is -0.123. The van der Waals surface area contributed by atoms with Crippen molar-refractivity contribution in [2.45, 2.75) is 24.7 Å². The van der Waals surface area contributed by atoms with E-state index in [-0.39, 0.29) is 17.4 Å². The van der Waals surface area contributed by atoms with Crippen LogP contribution in [0.2, 0.25) is 0 Å². The molecule has 0 atom stereocenters. The van der Waals surface area contributed by atoms with E-state index >= 15 is 0 Å². The number of carbonyl (C=O) groups is 1. The van der Waals surface area contributed by atoms with E-state index < -0.39 is 10.0 Å². The highest BCUT2D eigenvalue weighted by molar-refractivity contribution is 7.89. The summed E-state index contributed by atoms with van der Waals surface area (Å²) in [5.41, 5.74) is 0. The Balaban J connectivity index is 2.44. The maximum atomic E-state index is 11.4. The van der Waals surface area contributed by atoms with Crippen LogP contribution in [0.15, 0.2) is 29.2 Å². The van der Waals surface area contributed by atoms with E-state index in [2.05, 4.69) is 5.32 Å². The topological polar surface area (TPSA) is 98.5 Å². The average molecular weight is 286 g/mol. The highest BCUT2D eigenvalue weighted by Crippen LogP contribution is 2.14. The van der Waals surface area contributed by atoms with E-state index in [4.69, 9.17) is 9.88 Å². The molecule has 0 fully saturated rings. The van der Waals surface area contributed by atoms with Gasteiger partial charge < -0.3 is 10.1 Å². The largest absolute Gasteiger partial charge is 0.484 e. The van der Waals surface area contributed by atoms with Gasteiger partial charge in [-0.05, 0) is 30.7 Å². The Morgan fingerprint density at radius 3 is 2.47 bits per heavy atom. The van der Waals surface area contributed by atoms with Crippen LogP contribution in [0.3, 0.4) is 0 Å². The molecular formula is C12H18N2O4S.